The van der Waals surface area contributed by atoms with Crippen LogP contribution >= 0.6 is 0 Å². The number of amides is 1. The molecule has 0 radical (unpaired) electrons. The lowest BCUT2D eigenvalue weighted by atomic mass is 9.81. The van der Waals surface area contributed by atoms with Crippen molar-refractivity contribution in [2.75, 3.05) is 7.05 Å². The van der Waals surface area contributed by atoms with E-state index in [2.05, 4.69) is 12.2 Å². The highest BCUT2D eigenvalue weighted by Crippen LogP contribution is 2.35. The normalized spacial score (nSPS) is 22.9. The standard InChI is InChI=1S/C10H20N2O/c1-10(12-2,7-9(11)13)8-5-3-4-6-8/h8,12H,3-7H2,1-2H3,(H2,11,13). The van der Waals surface area contributed by atoms with Crippen LogP contribution < -0.4 is 11.1 Å². The van der Waals surface area contributed by atoms with Gasteiger partial charge in [-0.05, 0) is 32.7 Å². The van der Waals surface area contributed by atoms with Crippen LogP contribution in [0.2, 0.25) is 0 Å². The Morgan fingerprint density at radius 1 is 1.54 bits per heavy atom. The summed E-state index contributed by atoms with van der Waals surface area (Å²) in [7, 11) is 1.92. The van der Waals surface area contributed by atoms with Crippen molar-refractivity contribution in [2.24, 2.45) is 11.7 Å². The Morgan fingerprint density at radius 3 is 2.46 bits per heavy atom. The fourth-order valence-corrected chi connectivity index (χ4v) is 2.36. The van der Waals surface area contributed by atoms with E-state index in [0.717, 1.165) is 0 Å². The summed E-state index contributed by atoms with van der Waals surface area (Å²) in [5, 5.41) is 3.25. The quantitative estimate of drug-likeness (QED) is 0.685. The molecule has 1 aliphatic rings. The second-order valence-electron chi connectivity index (χ2n) is 4.29. The van der Waals surface area contributed by atoms with Crippen molar-refractivity contribution in [3.8, 4) is 0 Å². The first kappa shape index (κ1) is 10.5. The molecule has 0 aromatic rings. The van der Waals surface area contributed by atoms with Gasteiger partial charge in [-0.15, -0.1) is 0 Å². The number of carbonyl (C=O) groups excluding carboxylic acids is 1. The van der Waals surface area contributed by atoms with Gasteiger partial charge >= 0.3 is 0 Å². The minimum Gasteiger partial charge on any atom is -0.370 e. The summed E-state index contributed by atoms with van der Waals surface area (Å²) in [6.07, 6.45) is 5.49. The third kappa shape index (κ3) is 2.44. The first-order valence-corrected chi connectivity index (χ1v) is 5.06. The predicted molar refractivity (Wildman–Crippen MR) is 53.2 cm³/mol. The van der Waals surface area contributed by atoms with Crippen molar-refractivity contribution < 1.29 is 4.79 Å². The minimum atomic E-state index is -0.205. The Morgan fingerprint density at radius 2 is 2.08 bits per heavy atom. The average molecular weight is 184 g/mol. The van der Waals surface area contributed by atoms with Crippen molar-refractivity contribution in [3.63, 3.8) is 0 Å². The average Bonchev–Trinajstić information content (AvgIpc) is 2.55. The molecule has 1 rings (SSSR count). The predicted octanol–water partition coefficient (Wildman–Crippen LogP) is 1.03. The topological polar surface area (TPSA) is 55.1 Å². The smallest absolute Gasteiger partial charge is 0.219 e. The number of hydrogen-bond donors (Lipinski definition) is 2. The van der Waals surface area contributed by atoms with Gasteiger partial charge in [-0.2, -0.15) is 0 Å². The summed E-state index contributed by atoms with van der Waals surface area (Å²) >= 11 is 0. The molecule has 1 saturated carbocycles. The molecule has 1 atom stereocenters. The van der Waals surface area contributed by atoms with Gasteiger partial charge in [0.25, 0.3) is 0 Å². The van der Waals surface area contributed by atoms with Crippen LogP contribution in [0.3, 0.4) is 0 Å². The molecule has 0 aromatic carbocycles. The van der Waals surface area contributed by atoms with E-state index in [0.29, 0.717) is 12.3 Å². The lowest BCUT2D eigenvalue weighted by Gasteiger charge is -2.34. The maximum absolute atomic E-state index is 10.9. The zero-order valence-electron chi connectivity index (χ0n) is 8.60. The fraction of sp³-hybridized carbons (Fsp3) is 0.900. The lowest BCUT2D eigenvalue weighted by Crippen LogP contribution is -2.48. The first-order chi connectivity index (χ1) is 6.08. The Hall–Kier alpha value is -0.570. The van der Waals surface area contributed by atoms with E-state index in [-0.39, 0.29) is 11.4 Å². The molecule has 1 unspecified atom stereocenters. The number of rotatable bonds is 4. The van der Waals surface area contributed by atoms with E-state index in [4.69, 9.17) is 5.73 Å². The maximum Gasteiger partial charge on any atom is 0.219 e. The zero-order chi connectivity index (χ0) is 9.90. The van der Waals surface area contributed by atoms with E-state index >= 15 is 0 Å². The SMILES string of the molecule is CNC(C)(CC(N)=O)C1CCCC1. The highest BCUT2D eigenvalue weighted by molar-refractivity contribution is 5.75. The summed E-state index contributed by atoms with van der Waals surface area (Å²) in [6, 6.07) is 0. The molecule has 0 heterocycles. The molecule has 1 amide bonds. The Labute approximate surface area is 80.1 Å². The van der Waals surface area contributed by atoms with Gasteiger partial charge < -0.3 is 11.1 Å². The minimum absolute atomic E-state index is 0.0810. The van der Waals surface area contributed by atoms with Gasteiger partial charge in [0.05, 0.1) is 0 Å². The zero-order valence-corrected chi connectivity index (χ0v) is 8.60. The first-order valence-electron chi connectivity index (χ1n) is 5.06. The van der Waals surface area contributed by atoms with E-state index in [1.165, 1.54) is 25.7 Å². The third-order valence-corrected chi connectivity index (χ3v) is 3.37. The molecule has 13 heavy (non-hydrogen) atoms. The number of carbonyl (C=O) groups is 1. The monoisotopic (exact) mass is 184 g/mol. The molecule has 0 saturated heterocycles. The van der Waals surface area contributed by atoms with Crippen LogP contribution in [0.25, 0.3) is 0 Å². The molecule has 3 nitrogen and oxygen atoms in total. The van der Waals surface area contributed by atoms with Gasteiger partial charge in [0, 0.05) is 12.0 Å². The van der Waals surface area contributed by atoms with Crippen LogP contribution in [-0.4, -0.2) is 18.5 Å². The van der Waals surface area contributed by atoms with Gasteiger partial charge in [-0.1, -0.05) is 12.8 Å². The number of nitrogens with one attached hydrogen (secondary N) is 1. The highest BCUT2D eigenvalue weighted by atomic mass is 16.1. The van der Waals surface area contributed by atoms with Gasteiger partial charge in [0.2, 0.25) is 5.91 Å². The highest BCUT2D eigenvalue weighted by Gasteiger charge is 2.35. The molecule has 76 valence electrons. The molecule has 1 aliphatic carbocycles. The van der Waals surface area contributed by atoms with Crippen molar-refractivity contribution in [2.45, 2.75) is 44.6 Å². The van der Waals surface area contributed by atoms with Crippen LogP contribution in [0, 0.1) is 5.92 Å². The summed E-state index contributed by atoms with van der Waals surface area (Å²) in [5.41, 5.74) is 5.16. The third-order valence-electron chi connectivity index (χ3n) is 3.37. The van der Waals surface area contributed by atoms with E-state index in [1.54, 1.807) is 0 Å². The molecule has 1 fully saturated rings. The van der Waals surface area contributed by atoms with E-state index in [1.807, 2.05) is 7.05 Å². The lowest BCUT2D eigenvalue weighted by molar-refractivity contribution is -0.119. The van der Waals surface area contributed by atoms with Crippen molar-refractivity contribution >= 4 is 5.91 Å². The Kier molecular flexibility index (Phi) is 3.31. The van der Waals surface area contributed by atoms with Crippen molar-refractivity contribution in [3.05, 3.63) is 0 Å². The summed E-state index contributed by atoms with van der Waals surface area (Å²) < 4.78 is 0. The van der Waals surface area contributed by atoms with Gasteiger partial charge in [0.15, 0.2) is 0 Å². The van der Waals surface area contributed by atoms with Crippen LogP contribution in [0.4, 0.5) is 0 Å². The molecular weight excluding hydrogens is 164 g/mol. The Balaban J connectivity index is 2.61. The summed E-state index contributed by atoms with van der Waals surface area (Å²) in [6.45, 7) is 2.10. The largest absolute Gasteiger partial charge is 0.370 e. The van der Waals surface area contributed by atoms with Crippen LogP contribution in [0.1, 0.15) is 39.0 Å². The molecule has 3 N–H and O–H groups in total. The number of nitrogens with two attached hydrogens (primary N) is 1. The van der Waals surface area contributed by atoms with Gasteiger partial charge in [0.1, 0.15) is 0 Å². The van der Waals surface area contributed by atoms with E-state index in [9.17, 15) is 4.79 Å². The number of primary amides is 1. The molecule has 0 aliphatic heterocycles. The van der Waals surface area contributed by atoms with Crippen LogP contribution in [-0.2, 0) is 4.79 Å². The molecule has 0 bridgehead atoms. The second kappa shape index (κ2) is 4.09. The van der Waals surface area contributed by atoms with Gasteiger partial charge in [-0.3, -0.25) is 4.79 Å². The van der Waals surface area contributed by atoms with Crippen LogP contribution in [0.5, 0.6) is 0 Å². The maximum atomic E-state index is 10.9. The second-order valence-corrected chi connectivity index (χ2v) is 4.29. The molecular formula is C10H20N2O. The molecule has 0 aromatic heterocycles. The van der Waals surface area contributed by atoms with Crippen molar-refractivity contribution in [1.29, 1.82) is 0 Å². The number of hydrogen-bond acceptors (Lipinski definition) is 2. The van der Waals surface area contributed by atoms with E-state index < -0.39 is 0 Å². The van der Waals surface area contributed by atoms with Gasteiger partial charge in [-0.25, -0.2) is 0 Å². The van der Waals surface area contributed by atoms with Crippen molar-refractivity contribution in [1.82, 2.24) is 5.32 Å². The fourth-order valence-electron chi connectivity index (χ4n) is 2.36. The summed E-state index contributed by atoms with van der Waals surface area (Å²) in [4.78, 5) is 10.9. The van der Waals surface area contributed by atoms with Crippen LogP contribution in [0.15, 0.2) is 0 Å². The summed E-state index contributed by atoms with van der Waals surface area (Å²) in [5.74, 6) is 0.411. The Bertz CT molecular complexity index is 187. The molecule has 0 spiro atoms. The molecule has 3 heteroatoms.